The van der Waals surface area contributed by atoms with Crippen LogP contribution in [0.5, 0.6) is 0 Å². The molecule has 0 saturated heterocycles. The molecule has 0 aliphatic rings. The van der Waals surface area contributed by atoms with E-state index in [9.17, 15) is 14.4 Å². The quantitative estimate of drug-likeness (QED) is 0.466. The Morgan fingerprint density at radius 1 is 1.30 bits per heavy atom. The van der Waals surface area contributed by atoms with Crippen molar-refractivity contribution >= 4 is 17.8 Å². The highest BCUT2D eigenvalue weighted by Crippen LogP contribution is 2.11. The first-order valence-corrected chi connectivity index (χ1v) is 6.58. The second-order valence-electron chi connectivity index (χ2n) is 4.98. The molecule has 20 heavy (non-hydrogen) atoms. The fraction of sp³-hybridized carbons (Fsp3) is 0.769. The summed E-state index contributed by atoms with van der Waals surface area (Å²) >= 11 is 0. The lowest BCUT2D eigenvalue weighted by Gasteiger charge is -2.30. The van der Waals surface area contributed by atoms with Gasteiger partial charge in [-0.05, 0) is 34.2 Å². The molecule has 0 aromatic carbocycles. The Balaban J connectivity index is 3.95. The highest BCUT2D eigenvalue weighted by atomic mass is 16.5. The van der Waals surface area contributed by atoms with Gasteiger partial charge in [0.25, 0.3) is 0 Å². The van der Waals surface area contributed by atoms with Gasteiger partial charge < -0.3 is 15.2 Å². The van der Waals surface area contributed by atoms with Crippen molar-refractivity contribution in [3.8, 4) is 0 Å². The molecule has 0 bridgehead atoms. The number of nitrogens with zero attached hydrogens (tertiary/aromatic N) is 1. The van der Waals surface area contributed by atoms with E-state index in [1.54, 1.807) is 14.0 Å². The van der Waals surface area contributed by atoms with Crippen molar-refractivity contribution in [2.75, 3.05) is 26.7 Å². The summed E-state index contributed by atoms with van der Waals surface area (Å²) in [4.78, 5) is 35.2. The molecule has 0 rings (SSSR count). The lowest BCUT2D eigenvalue weighted by Crippen LogP contribution is -2.51. The van der Waals surface area contributed by atoms with E-state index in [0.717, 1.165) is 0 Å². The number of hydrogen-bond donors (Lipinski definition) is 2. The Labute approximate surface area is 119 Å². The van der Waals surface area contributed by atoms with Crippen LogP contribution in [-0.4, -0.2) is 60.1 Å². The SMILES string of the molecule is CCOC(=O)CCCNC(=O)CN(C)C(C)(C)C(=O)O. The number of hydrogen-bond acceptors (Lipinski definition) is 5. The van der Waals surface area contributed by atoms with Crippen LogP contribution >= 0.6 is 0 Å². The topological polar surface area (TPSA) is 95.9 Å². The van der Waals surface area contributed by atoms with Gasteiger partial charge in [0.1, 0.15) is 5.54 Å². The molecule has 0 fully saturated rings. The van der Waals surface area contributed by atoms with Crippen LogP contribution in [-0.2, 0) is 19.1 Å². The number of likely N-dealkylation sites (N-methyl/N-ethyl adjacent to an activating group) is 1. The van der Waals surface area contributed by atoms with E-state index in [4.69, 9.17) is 9.84 Å². The molecule has 7 nitrogen and oxygen atoms in total. The summed E-state index contributed by atoms with van der Waals surface area (Å²) in [6, 6.07) is 0. The first kappa shape index (κ1) is 18.4. The lowest BCUT2D eigenvalue weighted by atomic mass is 10.0. The first-order valence-electron chi connectivity index (χ1n) is 6.58. The van der Waals surface area contributed by atoms with E-state index >= 15 is 0 Å². The molecule has 0 aliphatic heterocycles. The van der Waals surface area contributed by atoms with E-state index < -0.39 is 11.5 Å². The van der Waals surface area contributed by atoms with Crippen molar-refractivity contribution in [2.45, 2.75) is 39.2 Å². The molecule has 0 unspecified atom stereocenters. The number of carboxylic acids is 1. The minimum absolute atomic E-state index is 0.0152. The summed E-state index contributed by atoms with van der Waals surface area (Å²) in [5.41, 5.74) is -1.11. The summed E-state index contributed by atoms with van der Waals surface area (Å²) < 4.78 is 4.76. The molecular formula is C13H24N2O5. The average molecular weight is 288 g/mol. The molecule has 0 spiro atoms. The minimum Gasteiger partial charge on any atom is -0.480 e. The molecule has 1 amide bonds. The van der Waals surface area contributed by atoms with Crippen molar-refractivity contribution < 1.29 is 24.2 Å². The van der Waals surface area contributed by atoms with Crippen LogP contribution in [0.15, 0.2) is 0 Å². The van der Waals surface area contributed by atoms with E-state index in [-0.39, 0.29) is 24.8 Å². The van der Waals surface area contributed by atoms with E-state index in [0.29, 0.717) is 19.6 Å². The molecular weight excluding hydrogens is 264 g/mol. The summed E-state index contributed by atoms with van der Waals surface area (Å²) in [6.07, 6.45) is 0.751. The number of ether oxygens (including phenoxy) is 1. The zero-order valence-electron chi connectivity index (χ0n) is 12.6. The minimum atomic E-state index is -1.11. The number of nitrogens with one attached hydrogen (secondary N) is 1. The maximum absolute atomic E-state index is 11.6. The van der Waals surface area contributed by atoms with Gasteiger partial charge in [0.2, 0.25) is 5.91 Å². The van der Waals surface area contributed by atoms with Gasteiger partial charge in [0.05, 0.1) is 13.2 Å². The largest absolute Gasteiger partial charge is 0.480 e. The van der Waals surface area contributed by atoms with Gasteiger partial charge in [0.15, 0.2) is 0 Å². The third-order valence-electron chi connectivity index (χ3n) is 3.04. The van der Waals surface area contributed by atoms with Crippen LogP contribution in [0.2, 0.25) is 0 Å². The zero-order chi connectivity index (χ0) is 15.8. The smallest absolute Gasteiger partial charge is 0.323 e. The molecule has 0 aliphatic carbocycles. The van der Waals surface area contributed by atoms with E-state index in [1.165, 1.54) is 18.7 Å². The van der Waals surface area contributed by atoms with Gasteiger partial charge in [-0.15, -0.1) is 0 Å². The summed E-state index contributed by atoms with van der Waals surface area (Å²) in [6.45, 7) is 5.49. The van der Waals surface area contributed by atoms with Crippen molar-refractivity contribution in [3.63, 3.8) is 0 Å². The molecule has 0 atom stereocenters. The number of rotatable bonds is 9. The Bertz CT molecular complexity index is 355. The number of carbonyl (C=O) groups excluding carboxylic acids is 2. The highest BCUT2D eigenvalue weighted by molar-refractivity contribution is 5.81. The van der Waals surface area contributed by atoms with Gasteiger partial charge in [0, 0.05) is 13.0 Å². The highest BCUT2D eigenvalue weighted by Gasteiger charge is 2.32. The van der Waals surface area contributed by atoms with Gasteiger partial charge in [-0.3, -0.25) is 19.3 Å². The van der Waals surface area contributed by atoms with Gasteiger partial charge in [-0.2, -0.15) is 0 Å². The molecule has 0 radical (unpaired) electrons. The van der Waals surface area contributed by atoms with Crippen LogP contribution in [0.25, 0.3) is 0 Å². The number of amides is 1. The fourth-order valence-corrected chi connectivity index (χ4v) is 1.33. The second-order valence-corrected chi connectivity index (χ2v) is 4.98. The van der Waals surface area contributed by atoms with Gasteiger partial charge in [-0.25, -0.2) is 0 Å². The van der Waals surface area contributed by atoms with Crippen LogP contribution in [0.4, 0.5) is 0 Å². The maximum atomic E-state index is 11.6. The number of carbonyl (C=O) groups is 3. The molecule has 0 aromatic heterocycles. The summed E-state index contributed by atoms with van der Waals surface area (Å²) in [5, 5.41) is 11.7. The van der Waals surface area contributed by atoms with Crippen LogP contribution < -0.4 is 5.32 Å². The average Bonchev–Trinajstić information content (AvgIpc) is 2.34. The maximum Gasteiger partial charge on any atom is 0.323 e. The van der Waals surface area contributed by atoms with Crippen molar-refractivity contribution in [2.24, 2.45) is 0 Å². The van der Waals surface area contributed by atoms with Crippen molar-refractivity contribution in [3.05, 3.63) is 0 Å². The van der Waals surface area contributed by atoms with Gasteiger partial charge >= 0.3 is 11.9 Å². The van der Waals surface area contributed by atoms with E-state index in [1.807, 2.05) is 0 Å². The number of esters is 1. The van der Waals surface area contributed by atoms with Crippen LogP contribution in [0.3, 0.4) is 0 Å². The molecule has 7 heteroatoms. The second kappa shape index (κ2) is 8.52. The van der Waals surface area contributed by atoms with Crippen LogP contribution in [0, 0.1) is 0 Å². The Kier molecular flexibility index (Phi) is 7.83. The lowest BCUT2D eigenvalue weighted by molar-refractivity contribution is -0.149. The van der Waals surface area contributed by atoms with E-state index in [2.05, 4.69) is 5.32 Å². The Morgan fingerprint density at radius 2 is 1.90 bits per heavy atom. The third kappa shape index (κ3) is 6.51. The Morgan fingerprint density at radius 3 is 2.40 bits per heavy atom. The first-order chi connectivity index (χ1) is 9.21. The Hall–Kier alpha value is -1.63. The fourth-order valence-electron chi connectivity index (χ4n) is 1.33. The predicted molar refractivity (Wildman–Crippen MR) is 73.2 cm³/mol. The zero-order valence-corrected chi connectivity index (χ0v) is 12.6. The molecule has 0 heterocycles. The van der Waals surface area contributed by atoms with Crippen molar-refractivity contribution in [1.29, 1.82) is 0 Å². The molecule has 2 N–H and O–H groups in total. The van der Waals surface area contributed by atoms with Gasteiger partial charge in [-0.1, -0.05) is 0 Å². The number of carboxylic acid groups (broad SMARTS) is 1. The predicted octanol–water partition coefficient (Wildman–Crippen LogP) is 0.241. The third-order valence-corrected chi connectivity index (χ3v) is 3.04. The van der Waals surface area contributed by atoms with Crippen molar-refractivity contribution in [1.82, 2.24) is 10.2 Å². The molecule has 116 valence electrons. The molecule has 0 saturated carbocycles. The van der Waals surface area contributed by atoms with Crippen LogP contribution in [0.1, 0.15) is 33.6 Å². The number of aliphatic carboxylic acids is 1. The summed E-state index contributed by atoms with van der Waals surface area (Å²) in [5.74, 6) is -1.55. The standard InChI is InChI=1S/C13H24N2O5/c1-5-20-11(17)7-6-8-14-10(16)9-15(4)13(2,3)12(18)19/h5-9H2,1-4H3,(H,14,16)(H,18,19). The monoisotopic (exact) mass is 288 g/mol. The normalized spacial score (nSPS) is 11.2. The molecule has 0 aromatic rings. The summed E-state index contributed by atoms with van der Waals surface area (Å²) in [7, 11) is 1.58.